The van der Waals surface area contributed by atoms with Crippen molar-refractivity contribution >= 4 is 37.6 Å². The monoisotopic (exact) mass is 375 g/mol. The molecule has 21 heavy (non-hydrogen) atoms. The van der Waals surface area contributed by atoms with Gasteiger partial charge in [-0.2, -0.15) is 0 Å². The maximum Gasteiger partial charge on any atom is 0.337 e. The van der Waals surface area contributed by atoms with Crippen LogP contribution in [0, 0.1) is 0 Å². The van der Waals surface area contributed by atoms with Crippen LogP contribution < -0.4 is 0 Å². The number of carbonyl (C=O) groups is 2. The Morgan fingerprint density at radius 2 is 2.00 bits per heavy atom. The molecule has 1 saturated carbocycles. The largest absolute Gasteiger partial charge is 0.478 e. The molecule has 1 N–H and O–H groups in total. The van der Waals surface area contributed by atoms with Gasteiger partial charge in [0.15, 0.2) is 9.84 Å². The summed E-state index contributed by atoms with van der Waals surface area (Å²) in [6.07, 6.45) is 1.75. The lowest BCUT2D eigenvalue weighted by atomic mass is 10.2. The van der Waals surface area contributed by atoms with E-state index in [4.69, 9.17) is 5.11 Å². The van der Waals surface area contributed by atoms with Gasteiger partial charge in [-0.05, 0) is 31.0 Å². The fourth-order valence-corrected chi connectivity index (χ4v) is 3.93. The van der Waals surface area contributed by atoms with Crippen molar-refractivity contribution < 1.29 is 23.1 Å². The van der Waals surface area contributed by atoms with E-state index in [1.54, 1.807) is 7.05 Å². The SMILES string of the molecule is CN(C(=O)CS(=O)(=O)c1cc(Br)ccc1C(=O)O)C1CC1. The third kappa shape index (κ3) is 3.62. The van der Waals surface area contributed by atoms with Gasteiger partial charge in [0.05, 0.1) is 10.5 Å². The summed E-state index contributed by atoms with van der Waals surface area (Å²) in [6.45, 7) is 0. The van der Waals surface area contributed by atoms with E-state index in [0.717, 1.165) is 12.8 Å². The molecule has 1 aromatic carbocycles. The fraction of sp³-hybridized carbons (Fsp3) is 0.385. The predicted molar refractivity (Wildman–Crippen MR) is 78.9 cm³/mol. The van der Waals surface area contributed by atoms with E-state index in [1.807, 2.05) is 0 Å². The number of aromatic carboxylic acids is 1. The highest BCUT2D eigenvalue weighted by molar-refractivity contribution is 9.10. The minimum absolute atomic E-state index is 0.106. The van der Waals surface area contributed by atoms with E-state index in [9.17, 15) is 18.0 Å². The number of hydrogen-bond donors (Lipinski definition) is 1. The molecule has 2 rings (SSSR count). The summed E-state index contributed by atoms with van der Waals surface area (Å²) in [6, 6.07) is 3.97. The van der Waals surface area contributed by atoms with Crippen LogP contribution in [0.15, 0.2) is 27.6 Å². The van der Waals surface area contributed by atoms with Gasteiger partial charge in [-0.3, -0.25) is 4.79 Å². The molecule has 1 fully saturated rings. The number of nitrogens with zero attached hydrogens (tertiary/aromatic N) is 1. The first-order chi connectivity index (χ1) is 9.72. The van der Waals surface area contributed by atoms with Crippen LogP contribution in [0.5, 0.6) is 0 Å². The maximum absolute atomic E-state index is 12.3. The lowest BCUT2D eigenvalue weighted by Gasteiger charge is -2.16. The normalized spacial score (nSPS) is 14.8. The van der Waals surface area contributed by atoms with Gasteiger partial charge in [0.1, 0.15) is 5.75 Å². The second kappa shape index (κ2) is 5.76. The summed E-state index contributed by atoms with van der Waals surface area (Å²) in [5.41, 5.74) is -0.333. The first-order valence-electron chi connectivity index (χ1n) is 6.23. The van der Waals surface area contributed by atoms with Crippen molar-refractivity contribution in [1.29, 1.82) is 0 Å². The first-order valence-corrected chi connectivity index (χ1v) is 8.68. The highest BCUT2D eigenvalue weighted by Crippen LogP contribution is 2.27. The van der Waals surface area contributed by atoms with Crippen LogP contribution in [0.1, 0.15) is 23.2 Å². The number of carboxylic acids is 1. The summed E-state index contributed by atoms with van der Waals surface area (Å²) >= 11 is 3.11. The Hall–Kier alpha value is -1.41. The minimum atomic E-state index is -4.01. The first kappa shape index (κ1) is 16.0. The molecular formula is C13H14BrNO5S. The van der Waals surface area contributed by atoms with Gasteiger partial charge in [-0.25, -0.2) is 13.2 Å². The molecule has 1 aliphatic carbocycles. The van der Waals surface area contributed by atoms with Gasteiger partial charge in [0.2, 0.25) is 5.91 Å². The van der Waals surface area contributed by atoms with Crippen LogP contribution in [0.2, 0.25) is 0 Å². The van der Waals surface area contributed by atoms with Gasteiger partial charge < -0.3 is 10.0 Å². The van der Waals surface area contributed by atoms with E-state index in [0.29, 0.717) is 4.47 Å². The Bertz CT molecular complexity index is 697. The van der Waals surface area contributed by atoms with Crippen molar-refractivity contribution in [3.8, 4) is 0 Å². The molecule has 0 aliphatic heterocycles. The summed E-state index contributed by atoms with van der Waals surface area (Å²) < 4.78 is 25.1. The Morgan fingerprint density at radius 3 is 2.52 bits per heavy atom. The number of sulfone groups is 1. The number of amides is 1. The molecule has 6 nitrogen and oxygen atoms in total. The van der Waals surface area contributed by atoms with Crippen LogP contribution in [0.3, 0.4) is 0 Å². The van der Waals surface area contributed by atoms with Gasteiger partial charge >= 0.3 is 5.97 Å². The molecule has 1 aliphatic rings. The lowest BCUT2D eigenvalue weighted by Crippen LogP contribution is -2.34. The second-order valence-corrected chi connectivity index (χ2v) is 7.81. The summed E-state index contributed by atoms with van der Waals surface area (Å²) in [7, 11) is -2.45. The average Bonchev–Trinajstić information content (AvgIpc) is 3.21. The number of carbonyl (C=O) groups excluding carboxylic acids is 1. The van der Waals surface area contributed by atoms with Crippen molar-refractivity contribution in [3.05, 3.63) is 28.2 Å². The minimum Gasteiger partial charge on any atom is -0.478 e. The molecule has 1 amide bonds. The quantitative estimate of drug-likeness (QED) is 0.842. The maximum atomic E-state index is 12.3. The van der Waals surface area contributed by atoms with Crippen LogP contribution in [-0.4, -0.2) is 49.1 Å². The zero-order valence-electron chi connectivity index (χ0n) is 11.2. The third-order valence-electron chi connectivity index (χ3n) is 3.31. The predicted octanol–water partition coefficient (Wildman–Crippen LogP) is 1.54. The molecular weight excluding hydrogens is 362 g/mol. The molecule has 1 aromatic rings. The third-order valence-corrected chi connectivity index (χ3v) is 5.44. The average molecular weight is 376 g/mol. The van der Waals surface area contributed by atoms with Crippen LogP contribution in [-0.2, 0) is 14.6 Å². The smallest absolute Gasteiger partial charge is 0.337 e. The van der Waals surface area contributed by atoms with E-state index >= 15 is 0 Å². The standard InChI is InChI=1S/C13H14BrNO5S/c1-15(9-3-4-9)12(16)7-21(19,20)11-6-8(14)2-5-10(11)13(17)18/h2,5-6,9H,3-4,7H2,1H3,(H,17,18). The van der Waals surface area contributed by atoms with Crippen LogP contribution in [0.4, 0.5) is 0 Å². The van der Waals surface area contributed by atoms with Gasteiger partial charge in [0.25, 0.3) is 0 Å². The Morgan fingerprint density at radius 1 is 1.38 bits per heavy atom. The van der Waals surface area contributed by atoms with E-state index < -0.39 is 27.5 Å². The van der Waals surface area contributed by atoms with E-state index in [1.165, 1.54) is 23.1 Å². The highest BCUT2D eigenvalue weighted by Gasteiger charge is 2.33. The van der Waals surface area contributed by atoms with Crippen molar-refractivity contribution in [3.63, 3.8) is 0 Å². The molecule has 0 unspecified atom stereocenters. The molecule has 0 spiro atoms. The molecule has 8 heteroatoms. The number of halogens is 1. The van der Waals surface area contributed by atoms with Gasteiger partial charge in [0, 0.05) is 17.6 Å². The number of rotatable bonds is 5. The Labute approximate surface area is 130 Å². The Kier molecular flexibility index (Phi) is 4.38. The number of hydrogen-bond acceptors (Lipinski definition) is 4. The molecule has 0 radical (unpaired) electrons. The summed E-state index contributed by atoms with van der Waals surface area (Å²) in [5, 5.41) is 9.09. The lowest BCUT2D eigenvalue weighted by molar-refractivity contribution is -0.127. The van der Waals surface area contributed by atoms with Gasteiger partial charge in [-0.1, -0.05) is 15.9 Å². The molecule has 0 atom stereocenters. The van der Waals surface area contributed by atoms with Crippen LogP contribution in [0.25, 0.3) is 0 Å². The zero-order chi connectivity index (χ0) is 15.8. The van der Waals surface area contributed by atoms with Crippen molar-refractivity contribution in [2.24, 2.45) is 0 Å². The highest BCUT2D eigenvalue weighted by atomic mass is 79.9. The second-order valence-electron chi connectivity index (χ2n) is 4.94. The molecule has 0 heterocycles. The van der Waals surface area contributed by atoms with Crippen molar-refractivity contribution in [2.75, 3.05) is 12.8 Å². The molecule has 0 saturated heterocycles. The molecule has 0 aromatic heterocycles. The fourth-order valence-electron chi connectivity index (χ4n) is 1.94. The number of carboxylic acid groups (broad SMARTS) is 1. The van der Waals surface area contributed by atoms with Crippen LogP contribution >= 0.6 is 15.9 Å². The summed E-state index contributed by atoms with van der Waals surface area (Å²) in [5.74, 6) is -2.59. The molecule has 114 valence electrons. The molecule has 0 bridgehead atoms. The number of benzene rings is 1. The van der Waals surface area contributed by atoms with Crippen molar-refractivity contribution in [1.82, 2.24) is 4.90 Å². The topological polar surface area (TPSA) is 91.8 Å². The zero-order valence-corrected chi connectivity index (χ0v) is 13.6. The van der Waals surface area contributed by atoms with Gasteiger partial charge in [-0.15, -0.1) is 0 Å². The van der Waals surface area contributed by atoms with E-state index in [2.05, 4.69) is 15.9 Å². The van der Waals surface area contributed by atoms with E-state index in [-0.39, 0.29) is 16.5 Å². The van der Waals surface area contributed by atoms with Crippen molar-refractivity contribution in [2.45, 2.75) is 23.8 Å². The summed E-state index contributed by atoms with van der Waals surface area (Å²) in [4.78, 5) is 24.2. The Balaban J connectivity index is 2.32.